The average Bonchev–Trinajstić information content (AvgIpc) is 3.28. The van der Waals surface area contributed by atoms with Crippen LogP contribution < -0.4 is 9.88 Å². The Kier molecular flexibility index (Phi) is 12.6. The van der Waals surface area contributed by atoms with E-state index in [0.717, 1.165) is 33.8 Å². The Labute approximate surface area is 240 Å². The summed E-state index contributed by atoms with van der Waals surface area (Å²) < 4.78 is 119. The SMILES string of the molecule is C=C(C)c1cccc(C(C)(C)NC(=O)OCCn2cc[n+](CCCC)c2)c1.O=S(=O)([N-]S(=O)(=O)C(F)(F)F)C(F)(F)F. The molecule has 0 saturated heterocycles. The summed E-state index contributed by atoms with van der Waals surface area (Å²) in [7, 11) is -13.4. The maximum Gasteiger partial charge on any atom is 0.480 e. The molecule has 1 aromatic heterocycles. The van der Waals surface area contributed by atoms with Crippen LogP contribution in [0.15, 0.2) is 49.6 Å². The van der Waals surface area contributed by atoms with Crippen molar-refractivity contribution in [3.63, 3.8) is 0 Å². The lowest BCUT2D eigenvalue weighted by molar-refractivity contribution is -0.696. The molecular weight excluding hydrogens is 618 g/mol. The standard InChI is InChI=1S/C22H31N3O2.C2F6NO4S2/c1-6-7-11-24-12-13-25(17-24)14-15-27-21(26)23-22(4,5)20-10-8-9-19(16-20)18(2)3;3-1(4,5)14(10,11)9-15(12,13)2(6,7)8/h8-10,12-13,16-17H,2,6-7,11,14-15H2,1,3-5H3;/q;-1/p+1. The van der Waals surface area contributed by atoms with Crippen LogP contribution in [0.4, 0.5) is 31.1 Å². The molecule has 0 spiro atoms. The molecule has 0 radical (unpaired) electrons. The first-order chi connectivity index (χ1) is 19.0. The van der Waals surface area contributed by atoms with Gasteiger partial charge in [0.25, 0.3) is 0 Å². The second-order valence-corrected chi connectivity index (χ2v) is 12.8. The van der Waals surface area contributed by atoms with Crippen LogP contribution in [0.3, 0.4) is 0 Å². The van der Waals surface area contributed by atoms with Crippen LogP contribution in [-0.2, 0) is 43.4 Å². The molecule has 2 aromatic rings. The zero-order valence-electron chi connectivity index (χ0n) is 23.2. The third-order valence-electron chi connectivity index (χ3n) is 5.37. The summed E-state index contributed by atoms with van der Waals surface area (Å²) in [5.74, 6) is 0. The third kappa shape index (κ3) is 11.3. The van der Waals surface area contributed by atoms with Gasteiger partial charge < -0.3 is 14.2 Å². The maximum absolute atomic E-state index is 12.2. The number of nitrogens with one attached hydrogen (secondary N) is 1. The van der Waals surface area contributed by atoms with E-state index in [1.54, 1.807) is 0 Å². The molecule has 0 saturated carbocycles. The number of nitrogens with zero attached hydrogens (tertiary/aromatic N) is 3. The van der Waals surface area contributed by atoms with E-state index >= 15 is 0 Å². The summed E-state index contributed by atoms with van der Waals surface area (Å²) in [6.07, 6.45) is 8.02. The van der Waals surface area contributed by atoms with Crippen LogP contribution in [0.1, 0.15) is 51.7 Å². The highest BCUT2D eigenvalue weighted by molar-refractivity contribution is 8.13. The quantitative estimate of drug-likeness (QED) is 0.259. The van der Waals surface area contributed by atoms with Crippen molar-refractivity contribution in [2.45, 2.75) is 70.2 Å². The van der Waals surface area contributed by atoms with Gasteiger partial charge in [-0.15, -0.1) is 0 Å². The van der Waals surface area contributed by atoms with E-state index in [0.29, 0.717) is 13.2 Å². The first kappa shape index (κ1) is 36.9. The lowest BCUT2D eigenvalue weighted by Crippen LogP contribution is -2.41. The summed E-state index contributed by atoms with van der Waals surface area (Å²) in [4.78, 5) is 12.2. The van der Waals surface area contributed by atoms with Gasteiger partial charge in [0.05, 0.1) is 12.1 Å². The maximum atomic E-state index is 12.2. The van der Waals surface area contributed by atoms with Crippen LogP contribution >= 0.6 is 0 Å². The van der Waals surface area contributed by atoms with Gasteiger partial charge in [-0.05, 0) is 44.4 Å². The monoisotopic (exact) mass is 650 g/mol. The molecule has 0 fully saturated rings. The molecule has 0 aliphatic carbocycles. The molecule has 18 heteroatoms. The number of amides is 1. The molecule has 1 heterocycles. The predicted octanol–water partition coefficient (Wildman–Crippen LogP) is 5.33. The number of sulfonamides is 2. The van der Waals surface area contributed by atoms with Crippen molar-refractivity contribution >= 4 is 31.7 Å². The van der Waals surface area contributed by atoms with Gasteiger partial charge >= 0.3 is 17.1 Å². The Balaban J connectivity index is 0.000000501. The van der Waals surface area contributed by atoms with Crippen molar-refractivity contribution < 1.29 is 57.3 Å². The van der Waals surface area contributed by atoms with E-state index in [9.17, 15) is 48.0 Å². The minimum atomic E-state index is -6.72. The molecular formula is C24H32F6N4O6S2. The van der Waals surface area contributed by atoms with Crippen molar-refractivity contribution in [1.29, 1.82) is 0 Å². The first-order valence-electron chi connectivity index (χ1n) is 12.2. The highest BCUT2D eigenvalue weighted by atomic mass is 32.3. The summed E-state index contributed by atoms with van der Waals surface area (Å²) in [6, 6.07) is 8.05. The van der Waals surface area contributed by atoms with E-state index in [-0.39, 0.29) is 0 Å². The number of benzene rings is 1. The van der Waals surface area contributed by atoms with E-state index in [2.05, 4.69) is 29.5 Å². The summed E-state index contributed by atoms with van der Waals surface area (Å²) >= 11 is 0. The molecule has 42 heavy (non-hydrogen) atoms. The second-order valence-electron chi connectivity index (χ2n) is 9.41. The van der Waals surface area contributed by atoms with Gasteiger partial charge in [0.1, 0.15) is 25.5 Å². The molecule has 1 aromatic carbocycles. The summed E-state index contributed by atoms with van der Waals surface area (Å²) in [5.41, 5.74) is -9.85. The first-order valence-corrected chi connectivity index (χ1v) is 15.0. The fraction of sp³-hybridized carbons (Fsp3) is 0.500. The number of ether oxygens (including phenoxy) is 1. The number of allylic oxidation sites excluding steroid dienone is 1. The molecule has 0 aliphatic heterocycles. The van der Waals surface area contributed by atoms with E-state index in [4.69, 9.17) is 4.74 Å². The smallest absolute Gasteiger partial charge is 0.445 e. The largest absolute Gasteiger partial charge is 0.480 e. The van der Waals surface area contributed by atoms with Crippen molar-refractivity contribution in [2.24, 2.45) is 0 Å². The molecule has 1 amide bonds. The van der Waals surface area contributed by atoms with Gasteiger partial charge in [-0.25, -0.2) is 30.8 Å². The van der Waals surface area contributed by atoms with E-state index < -0.39 is 42.7 Å². The van der Waals surface area contributed by atoms with Crippen molar-refractivity contribution in [1.82, 2.24) is 9.88 Å². The molecule has 2 rings (SSSR count). The number of hydrogen-bond donors (Lipinski definition) is 1. The number of carbonyl (C=O) groups is 1. The molecule has 238 valence electrons. The van der Waals surface area contributed by atoms with Crippen LogP contribution in [0, 0.1) is 0 Å². The number of rotatable bonds is 11. The van der Waals surface area contributed by atoms with Gasteiger partial charge in [0, 0.05) is 0 Å². The molecule has 0 atom stereocenters. The minimum Gasteiger partial charge on any atom is -0.445 e. The van der Waals surface area contributed by atoms with Gasteiger partial charge in [0.2, 0.25) is 6.33 Å². The number of alkyl halides is 6. The Morgan fingerprint density at radius 3 is 2.14 bits per heavy atom. The number of hydrogen-bond acceptors (Lipinski definition) is 6. The predicted molar refractivity (Wildman–Crippen MR) is 142 cm³/mol. The molecule has 0 aliphatic rings. The normalized spacial score (nSPS) is 12.7. The van der Waals surface area contributed by atoms with Crippen LogP contribution in [0.5, 0.6) is 0 Å². The topological polar surface area (TPSA) is 130 Å². The Morgan fingerprint density at radius 2 is 1.64 bits per heavy atom. The number of alkyl carbamates (subject to hydrolysis) is 1. The number of unbranched alkanes of at least 4 members (excludes halogenated alkanes) is 1. The zero-order chi connectivity index (χ0) is 32.6. The van der Waals surface area contributed by atoms with Gasteiger partial charge in [-0.2, -0.15) is 26.3 Å². The lowest BCUT2D eigenvalue weighted by atomic mass is 9.92. The van der Waals surface area contributed by atoms with Crippen LogP contribution in [-0.4, -0.2) is 45.1 Å². The van der Waals surface area contributed by atoms with Crippen molar-refractivity contribution in [3.05, 3.63) is 64.8 Å². The fourth-order valence-electron chi connectivity index (χ4n) is 3.04. The number of halogens is 6. The lowest BCUT2D eigenvalue weighted by Gasteiger charge is -2.27. The Morgan fingerprint density at radius 1 is 1.07 bits per heavy atom. The highest BCUT2D eigenvalue weighted by Crippen LogP contribution is 2.36. The highest BCUT2D eigenvalue weighted by Gasteiger charge is 2.47. The zero-order valence-corrected chi connectivity index (χ0v) is 24.8. The van der Waals surface area contributed by atoms with Crippen molar-refractivity contribution in [3.8, 4) is 0 Å². The Hall–Kier alpha value is -3.12. The van der Waals surface area contributed by atoms with Crippen molar-refractivity contribution in [2.75, 3.05) is 6.61 Å². The van der Waals surface area contributed by atoms with Gasteiger partial charge in [-0.1, -0.05) is 43.7 Å². The average molecular weight is 651 g/mol. The van der Waals surface area contributed by atoms with Crippen LogP contribution in [0.2, 0.25) is 0 Å². The molecule has 0 unspecified atom stereocenters. The summed E-state index contributed by atoms with van der Waals surface area (Å²) in [6.45, 7) is 14.1. The van der Waals surface area contributed by atoms with Gasteiger partial charge in [0.15, 0.2) is 20.0 Å². The van der Waals surface area contributed by atoms with Gasteiger partial charge in [-0.3, -0.25) is 0 Å². The number of carbonyl (C=O) groups excluding carboxylic acids is 1. The third-order valence-corrected chi connectivity index (χ3v) is 8.11. The van der Waals surface area contributed by atoms with Crippen LogP contribution in [0.25, 0.3) is 9.70 Å². The molecule has 1 N–H and O–H groups in total. The van der Waals surface area contributed by atoms with E-state index in [1.807, 2.05) is 62.3 Å². The molecule has 0 bridgehead atoms. The number of aryl methyl sites for hydroxylation is 1. The Bertz CT molecular complexity index is 1390. The number of aromatic nitrogens is 2. The summed E-state index contributed by atoms with van der Waals surface area (Å²) in [5, 5.41) is 2.95. The van der Waals surface area contributed by atoms with E-state index in [1.165, 1.54) is 6.42 Å². The second kappa shape index (κ2) is 14.4. The number of imidazole rings is 1. The minimum absolute atomic E-state index is 0.330. The molecule has 10 nitrogen and oxygen atoms in total. The fourth-order valence-corrected chi connectivity index (χ4v) is 4.75.